The first kappa shape index (κ1) is 9.49. The summed E-state index contributed by atoms with van der Waals surface area (Å²) in [5, 5.41) is 11.6. The number of rotatable bonds is 4. The third-order valence-electron chi connectivity index (χ3n) is 1.51. The van der Waals surface area contributed by atoms with E-state index in [-0.39, 0.29) is 0 Å². The van der Waals surface area contributed by atoms with E-state index in [4.69, 9.17) is 10.00 Å². The minimum Gasteiger partial charge on any atom is -0.489 e. The third kappa shape index (κ3) is 2.73. The van der Waals surface area contributed by atoms with Crippen molar-refractivity contribution >= 4 is 0 Å². The normalized spacial score (nSPS) is 9.23. The second-order valence-corrected chi connectivity index (χ2v) is 2.44. The zero-order valence-corrected chi connectivity index (χ0v) is 7.45. The first-order valence-corrected chi connectivity index (χ1v) is 4.00. The zero-order valence-electron chi connectivity index (χ0n) is 7.45. The molecule has 0 radical (unpaired) electrons. The number of pyridine rings is 1. The number of hydrogen-bond donors (Lipinski definition) is 1. The molecule has 1 aromatic heterocycles. The quantitative estimate of drug-likeness (QED) is 0.682. The second-order valence-electron chi connectivity index (χ2n) is 2.44. The molecule has 13 heavy (non-hydrogen) atoms. The van der Waals surface area contributed by atoms with Crippen molar-refractivity contribution in [3.05, 3.63) is 24.0 Å². The van der Waals surface area contributed by atoms with Crippen molar-refractivity contribution in [3.63, 3.8) is 0 Å². The predicted octanol–water partition coefficient (Wildman–Crippen LogP) is 0.551. The maximum atomic E-state index is 8.70. The summed E-state index contributed by atoms with van der Waals surface area (Å²) in [5.74, 6) is 0.542. The smallest absolute Gasteiger partial charge is 0.155 e. The molecule has 68 valence electrons. The van der Waals surface area contributed by atoms with Crippen LogP contribution in [0.2, 0.25) is 0 Å². The Hall–Kier alpha value is -1.60. The molecule has 0 amide bonds. The van der Waals surface area contributed by atoms with E-state index in [1.54, 1.807) is 18.5 Å². The Labute approximate surface area is 77.2 Å². The number of ether oxygens (including phenoxy) is 1. The van der Waals surface area contributed by atoms with Gasteiger partial charge in [-0.15, -0.1) is 0 Å². The standard InChI is InChI=1S/C9H11N3O/c1-11-4-5-13-9-7-12-3-2-8(9)6-10/h2-3,7,11H,4-5H2,1H3. The first-order chi connectivity index (χ1) is 6.38. The highest BCUT2D eigenvalue weighted by molar-refractivity contribution is 5.40. The molecule has 0 unspecified atom stereocenters. The molecule has 4 heteroatoms. The van der Waals surface area contributed by atoms with Crippen LogP contribution in [0.25, 0.3) is 0 Å². The van der Waals surface area contributed by atoms with Crippen LogP contribution in [0.3, 0.4) is 0 Å². The Bertz CT molecular complexity index is 306. The zero-order chi connectivity index (χ0) is 9.52. The molecular formula is C9H11N3O. The number of likely N-dealkylation sites (N-methyl/N-ethyl adjacent to an activating group) is 1. The summed E-state index contributed by atoms with van der Waals surface area (Å²) in [7, 11) is 1.85. The summed E-state index contributed by atoms with van der Waals surface area (Å²) >= 11 is 0. The summed E-state index contributed by atoms with van der Waals surface area (Å²) < 4.78 is 5.32. The van der Waals surface area contributed by atoms with Crippen LogP contribution < -0.4 is 10.1 Å². The molecule has 1 heterocycles. The van der Waals surface area contributed by atoms with Crippen molar-refractivity contribution in [2.24, 2.45) is 0 Å². The van der Waals surface area contributed by atoms with Crippen LogP contribution in [-0.2, 0) is 0 Å². The molecule has 1 rings (SSSR count). The van der Waals surface area contributed by atoms with E-state index in [9.17, 15) is 0 Å². The monoisotopic (exact) mass is 177 g/mol. The summed E-state index contributed by atoms with van der Waals surface area (Å²) in [4.78, 5) is 3.88. The predicted molar refractivity (Wildman–Crippen MR) is 48.4 cm³/mol. The van der Waals surface area contributed by atoms with E-state index in [2.05, 4.69) is 10.3 Å². The molecule has 1 N–H and O–H groups in total. The Morgan fingerprint density at radius 1 is 1.69 bits per heavy atom. The van der Waals surface area contributed by atoms with Gasteiger partial charge in [0.15, 0.2) is 5.75 Å². The van der Waals surface area contributed by atoms with Crippen molar-refractivity contribution < 1.29 is 4.74 Å². The third-order valence-corrected chi connectivity index (χ3v) is 1.51. The van der Waals surface area contributed by atoms with Gasteiger partial charge in [-0.2, -0.15) is 5.26 Å². The van der Waals surface area contributed by atoms with Gasteiger partial charge in [-0.1, -0.05) is 0 Å². The maximum absolute atomic E-state index is 8.70. The van der Waals surface area contributed by atoms with Gasteiger partial charge in [0.1, 0.15) is 12.7 Å². The van der Waals surface area contributed by atoms with Crippen LogP contribution >= 0.6 is 0 Å². The van der Waals surface area contributed by atoms with Crippen LogP contribution in [0.15, 0.2) is 18.5 Å². The largest absolute Gasteiger partial charge is 0.489 e. The van der Waals surface area contributed by atoms with E-state index in [1.165, 1.54) is 0 Å². The lowest BCUT2D eigenvalue weighted by Crippen LogP contribution is -2.16. The van der Waals surface area contributed by atoms with Gasteiger partial charge in [-0.05, 0) is 13.1 Å². The Morgan fingerprint density at radius 3 is 3.23 bits per heavy atom. The van der Waals surface area contributed by atoms with E-state index in [0.717, 1.165) is 6.54 Å². The number of aromatic nitrogens is 1. The minimum absolute atomic E-state index is 0.520. The molecular weight excluding hydrogens is 166 g/mol. The average molecular weight is 177 g/mol. The van der Waals surface area contributed by atoms with Crippen LogP contribution in [0.5, 0.6) is 5.75 Å². The molecule has 1 aromatic rings. The molecule has 0 bridgehead atoms. The SMILES string of the molecule is CNCCOc1cnccc1C#N. The van der Waals surface area contributed by atoms with E-state index in [0.29, 0.717) is 17.9 Å². The van der Waals surface area contributed by atoms with Crippen molar-refractivity contribution in [3.8, 4) is 11.8 Å². The van der Waals surface area contributed by atoms with Gasteiger partial charge in [0.25, 0.3) is 0 Å². The average Bonchev–Trinajstić information content (AvgIpc) is 2.19. The van der Waals surface area contributed by atoms with Gasteiger partial charge in [-0.25, -0.2) is 0 Å². The Morgan fingerprint density at radius 2 is 2.54 bits per heavy atom. The molecule has 0 aliphatic heterocycles. The Balaban J connectivity index is 2.60. The van der Waals surface area contributed by atoms with Crippen molar-refractivity contribution in [1.29, 1.82) is 5.26 Å². The lowest BCUT2D eigenvalue weighted by atomic mass is 10.3. The summed E-state index contributed by atoms with van der Waals surface area (Å²) in [6.45, 7) is 1.29. The highest BCUT2D eigenvalue weighted by Gasteiger charge is 2.00. The first-order valence-electron chi connectivity index (χ1n) is 4.00. The van der Waals surface area contributed by atoms with Crippen LogP contribution in [0, 0.1) is 11.3 Å². The van der Waals surface area contributed by atoms with Gasteiger partial charge < -0.3 is 10.1 Å². The highest BCUT2D eigenvalue weighted by atomic mass is 16.5. The topological polar surface area (TPSA) is 57.9 Å². The molecule has 0 aliphatic rings. The van der Waals surface area contributed by atoms with Crippen molar-refractivity contribution in [1.82, 2.24) is 10.3 Å². The molecule has 0 saturated heterocycles. The summed E-state index contributed by atoms with van der Waals surface area (Å²) in [6.07, 6.45) is 3.12. The molecule has 0 spiro atoms. The molecule has 4 nitrogen and oxygen atoms in total. The Kier molecular flexibility index (Phi) is 3.74. The molecule has 0 atom stereocenters. The van der Waals surface area contributed by atoms with E-state index in [1.807, 2.05) is 13.1 Å². The number of hydrogen-bond acceptors (Lipinski definition) is 4. The van der Waals surface area contributed by atoms with E-state index < -0.39 is 0 Å². The maximum Gasteiger partial charge on any atom is 0.155 e. The molecule has 0 saturated carbocycles. The lowest BCUT2D eigenvalue weighted by Gasteiger charge is -2.05. The molecule has 0 aromatic carbocycles. The fourth-order valence-electron chi connectivity index (χ4n) is 0.850. The van der Waals surface area contributed by atoms with Gasteiger partial charge >= 0.3 is 0 Å². The second kappa shape index (κ2) is 5.12. The van der Waals surface area contributed by atoms with Gasteiger partial charge in [0, 0.05) is 12.7 Å². The van der Waals surface area contributed by atoms with Crippen LogP contribution in [-0.4, -0.2) is 25.2 Å². The van der Waals surface area contributed by atoms with Gasteiger partial charge in [-0.3, -0.25) is 4.98 Å². The lowest BCUT2D eigenvalue weighted by molar-refractivity contribution is 0.316. The van der Waals surface area contributed by atoms with Crippen LogP contribution in [0.4, 0.5) is 0 Å². The van der Waals surface area contributed by atoms with Crippen molar-refractivity contribution in [2.45, 2.75) is 0 Å². The summed E-state index contributed by atoms with van der Waals surface area (Å²) in [5.41, 5.74) is 0.520. The molecule has 0 aliphatic carbocycles. The van der Waals surface area contributed by atoms with E-state index >= 15 is 0 Å². The highest BCUT2D eigenvalue weighted by Crippen LogP contribution is 2.14. The number of nitrogens with one attached hydrogen (secondary N) is 1. The summed E-state index contributed by atoms with van der Waals surface area (Å²) in [6, 6.07) is 3.67. The number of nitriles is 1. The van der Waals surface area contributed by atoms with Crippen molar-refractivity contribution in [2.75, 3.05) is 20.2 Å². The number of nitrogens with zero attached hydrogens (tertiary/aromatic N) is 2. The minimum atomic E-state index is 0.520. The van der Waals surface area contributed by atoms with Crippen LogP contribution in [0.1, 0.15) is 5.56 Å². The fourth-order valence-corrected chi connectivity index (χ4v) is 0.850. The molecule has 0 fully saturated rings. The fraction of sp³-hybridized carbons (Fsp3) is 0.333. The van der Waals surface area contributed by atoms with Gasteiger partial charge in [0.05, 0.1) is 11.8 Å². The van der Waals surface area contributed by atoms with Gasteiger partial charge in [0.2, 0.25) is 0 Å².